The maximum atomic E-state index is 12.6. The molecular weight excluding hydrogens is 388 g/mol. The van der Waals surface area contributed by atoms with Crippen LogP contribution in [0.3, 0.4) is 0 Å². The van der Waals surface area contributed by atoms with E-state index >= 15 is 0 Å². The molecule has 0 N–H and O–H groups in total. The van der Waals surface area contributed by atoms with Crippen molar-refractivity contribution in [3.8, 4) is 5.75 Å². The fraction of sp³-hybridized carbons (Fsp3) is 0.407. The Morgan fingerprint density at radius 1 is 0.871 bits per heavy atom. The predicted octanol–water partition coefficient (Wildman–Crippen LogP) is 6.53. The second-order valence-electron chi connectivity index (χ2n) is 7.87. The van der Waals surface area contributed by atoms with Crippen LogP contribution in [0.25, 0.3) is 0 Å². The van der Waals surface area contributed by atoms with Crippen LogP contribution in [0.1, 0.15) is 74.7 Å². The van der Waals surface area contributed by atoms with E-state index in [-0.39, 0.29) is 17.9 Å². The fourth-order valence-electron chi connectivity index (χ4n) is 3.28. The highest BCUT2D eigenvalue weighted by Gasteiger charge is 2.14. The summed E-state index contributed by atoms with van der Waals surface area (Å²) in [4.78, 5) is 24.2. The number of benzene rings is 2. The molecular formula is C27H34O4. The molecule has 4 heteroatoms. The van der Waals surface area contributed by atoms with Gasteiger partial charge in [-0.15, -0.1) is 0 Å². The number of carbonyl (C=O) groups excluding carboxylic acids is 2. The molecule has 2 aromatic carbocycles. The van der Waals surface area contributed by atoms with Gasteiger partial charge in [0, 0.05) is 23.1 Å². The average Bonchev–Trinajstić information content (AvgIpc) is 2.79. The Morgan fingerprint density at radius 3 is 2.16 bits per heavy atom. The molecule has 2 aromatic rings. The Bertz CT molecular complexity index is 824. The molecule has 2 rings (SSSR count). The van der Waals surface area contributed by atoms with Crippen molar-refractivity contribution in [1.29, 1.82) is 0 Å². The third kappa shape index (κ3) is 8.79. The first-order chi connectivity index (χ1) is 15.0. The molecule has 166 valence electrons. The summed E-state index contributed by atoms with van der Waals surface area (Å²) in [6, 6.07) is 16.5. The molecule has 0 saturated heterocycles. The Hall–Kier alpha value is -2.88. The van der Waals surface area contributed by atoms with E-state index in [1.54, 1.807) is 19.1 Å². The van der Waals surface area contributed by atoms with Gasteiger partial charge in [-0.3, -0.25) is 4.79 Å². The van der Waals surface area contributed by atoms with Crippen molar-refractivity contribution in [1.82, 2.24) is 0 Å². The molecule has 31 heavy (non-hydrogen) atoms. The molecule has 0 radical (unpaired) electrons. The quantitative estimate of drug-likeness (QED) is 0.150. The van der Waals surface area contributed by atoms with Crippen LogP contribution in [0.2, 0.25) is 0 Å². The number of carbonyl (C=O) groups is 2. The van der Waals surface area contributed by atoms with Crippen LogP contribution in [0.4, 0.5) is 0 Å². The van der Waals surface area contributed by atoms with Gasteiger partial charge >= 0.3 is 5.97 Å². The lowest BCUT2D eigenvalue weighted by atomic mass is 10.0. The van der Waals surface area contributed by atoms with Gasteiger partial charge in [-0.05, 0) is 44.0 Å². The van der Waals surface area contributed by atoms with Crippen molar-refractivity contribution in [2.45, 2.75) is 64.9 Å². The molecule has 0 saturated carbocycles. The normalized spacial score (nSPS) is 11.5. The number of unbranched alkanes of at least 4 members (excludes halogenated alkanes) is 4. The second kappa shape index (κ2) is 13.4. The predicted molar refractivity (Wildman–Crippen MR) is 124 cm³/mol. The van der Waals surface area contributed by atoms with Crippen LogP contribution in [-0.2, 0) is 9.53 Å². The molecule has 1 atom stereocenters. The van der Waals surface area contributed by atoms with E-state index in [1.165, 1.54) is 25.7 Å². The van der Waals surface area contributed by atoms with Gasteiger partial charge in [0.1, 0.15) is 11.9 Å². The molecule has 0 aliphatic rings. The minimum Gasteiger partial charge on any atom is -0.490 e. The maximum Gasteiger partial charge on any atom is 0.333 e. The monoisotopic (exact) mass is 422 g/mol. The average molecular weight is 423 g/mol. The maximum absolute atomic E-state index is 12.6. The molecule has 0 bridgehead atoms. The molecule has 0 spiro atoms. The van der Waals surface area contributed by atoms with Gasteiger partial charge < -0.3 is 9.47 Å². The van der Waals surface area contributed by atoms with E-state index in [0.717, 1.165) is 18.6 Å². The highest BCUT2D eigenvalue weighted by Crippen LogP contribution is 2.20. The number of hydrogen-bond donors (Lipinski definition) is 0. The smallest absolute Gasteiger partial charge is 0.333 e. The summed E-state index contributed by atoms with van der Waals surface area (Å²) in [6.07, 6.45) is 7.41. The van der Waals surface area contributed by atoms with Crippen molar-refractivity contribution >= 4 is 11.8 Å². The minimum atomic E-state index is -0.370. The highest BCUT2D eigenvalue weighted by molar-refractivity contribution is 6.08. The molecule has 0 aliphatic carbocycles. The first-order valence-electron chi connectivity index (χ1n) is 11.2. The van der Waals surface area contributed by atoms with Gasteiger partial charge in [0.2, 0.25) is 0 Å². The zero-order valence-electron chi connectivity index (χ0n) is 18.8. The first kappa shape index (κ1) is 24.4. The Kier molecular flexibility index (Phi) is 10.6. The summed E-state index contributed by atoms with van der Waals surface area (Å²) >= 11 is 0. The third-order valence-electron chi connectivity index (χ3n) is 5.11. The number of ether oxygens (including phenoxy) is 2. The van der Waals surface area contributed by atoms with Crippen LogP contribution in [0.5, 0.6) is 5.75 Å². The van der Waals surface area contributed by atoms with E-state index in [4.69, 9.17) is 9.47 Å². The first-order valence-corrected chi connectivity index (χ1v) is 11.2. The SMILES string of the molecule is C=C(C)C(=O)OCCC(CCCCCCC)Oc1ccc(C(=O)c2ccccc2)cc1. The Morgan fingerprint density at radius 2 is 1.52 bits per heavy atom. The van der Waals surface area contributed by atoms with E-state index in [2.05, 4.69) is 13.5 Å². The third-order valence-corrected chi connectivity index (χ3v) is 5.11. The van der Waals surface area contributed by atoms with Crippen molar-refractivity contribution in [2.24, 2.45) is 0 Å². The molecule has 0 amide bonds. The highest BCUT2D eigenvalue weighted by atomic mass is 16.5. The fourth-order valence-corrected chi connectivity index (χ4v) is 3.28. The van der Waals surface area contributed by atoms with Gasteiger partial charge in [0.15, 0.2) is 5.78 Å². The van der Waals surface area contributed by atoms with Crippen LogP contribution < -0.4 is 4.74 Å². The Balaban J connectivity index is 1.94. The molecule has 0 heterocycles. The van der Waals surface area contributed by atoms with Crippen LogP contribution >= 0.6 is 0 Å². The summed E-state index contributed by atoms with van der Waals surface area (Å²) in [5.41, 5.74) is 1.70. The summed E-state index contributed by atoms with van der Waals surface area (Å²) in [5, 5.41) is 0. The van der Waals surface area contributed by atoms with Gasteiger partial charge in [0.05, 0.1) is 6.61 Å². The zero-order chi connectivity index (χ0) is 22.5. The van der Waals surface area contributed by atoms with Gasteiger partial charge in [-0.2, -0.15) is 0 Å². The van der Waals surface area contributed by atoms with Crippen LogP contribution in [0, 0.1) is 0 Å². The second-order valence-corrected chi connectivity index (χ2v) is 7.87. The molecule has 4 nitrogen and oxygen atoms in total. The molecule has 1 unspecified atom stereocenters. The molecule has 0 fully saturated rings. The zero-order valence-corrected chi connectivity index (χ0v) is 18.8. The van der Waals surface area contributed by atoms with Crippen molar-refractivity contribution in [3.63, 3.8) is 0 Å². The molecule has 0 aromatic heterocycles. The number of hydrogen-bond acceptors (Lipinski definition) is 4. The largest absolute Gasteiger partial charge is 0.490 e. The summed E-state index contributed by atoms with van der Waals surface area (Å²) in [5.74, 6) is 0.339. The lowest BCUT2D eigenvalue weighted by molar-refractivity contribution is -0.139. The summed E-state index contributed by atoms with van der Waals surface area (Å²) in [6.45, 7) is 7.75. The van der Waals surface area contributed by atoms with Crippen molar-refractivity contribution in [3.05, 3.63) is 77.9 Å². The number of rotatable bonds is 14. The topological polar surface area (TPSA) is 52.6 Å². The standard InChI is InChI=1S/C27H34O4/c1-4-5-6-7-11-14-24(19-20-30-27(29)21(2)3)31-25-17-15-23(16-18-25)26(28)22-12-9-8-10-13-22/h8-10,12-13,15-18,24H,2,4-7,11,14,19-20H2,1,3H3. The lowest BCUT2D eigenvalue weighted by Crippen LogP contribution is -2.20. The lowest BCUT2D eigenvalue weighted by Gasteiger charge is -2.19. The van der Waals surface area contributed by atoms with Crippen LogP contribution in [-0.4, -0.2) is 24.5 Å². The van der Waals surface area contributed by atoms with Crippen molar-refractivity contribution < 1.29 is 19.1 Å². The van der Waals surface area contributed by atoms with Crippen molar-refractivity contribution in [2.75, 3.05) is 6.61 Å². The molecule has 0 aliphatic heterocycles. The van der Waals surface area contributed by atoms with Gasteiger partial charge in [-0.25, -0.2) is 4.79 Å². The van der Waals surface area contributed by atoms with Gasteiger partial charge in [0.25, 0.3) is 0 Å². The van der Waals surface area contributed by atoms with Gasteiger partial charge in [-0.1, -0.05) is 69.5 Å². The van der Waals surface area contributed by atoms with E-state index in [9.17, 15) is 9.59 Å². The number of ketones is 1. The van der Waals surface area contributed by atoms with E-state index in [0.29, 0.717) is 29.7 Å². The number of esters is 1. The van der Waals surface area contributed by atoms with E-state index in [1.807, 2.05) is 42.5 Å². The minimum absolute atomic E-state index is 0.00803. The van der Waals surface area contributed by atoms with Crippen LogP contribution in [0.15, 0.2) is 66.7 Å². The summed E-state index contributed by atoms with van der Waals surface area (Å²) in [7, 11) is 0. The Labute approximate surface area is 186 Å². The van der Waals surface area contributed by atoms with E-state index < -0.39 is 0 Å². The summed E-state index contributed by atoms with van der Waals surface area (Å²) < 4.78 is 11.4.